The number of amides is 1. The van der Waals surface area contributed by atoms with E-state index in [1.165, 1.54) is 25.2 Å². The van der Waals surface area contributed by atoms with Crippen LogP contribution in [-0.2, 0) is 10.0 Å². The van der Waals surface area contributed by atoms with Crippen molar-refractivity contribution in [1.29, 1.82) is 0 Å². The molecule has 0 atom stereocenters. The summed E-state index contributed by atoms with van der Waals surface area (Å²) in [5.74, 6) is -0.877. The largest absolute Gasteiger partial charge is 0.506 e. The van der Waals surface area contributed by atoms with Gasteiger partial charge in [-0.05, 0) is 25.2 Å². The number of sulfonamides is 1. The number of benzene rings is 1. The average Bonchev–Trinajstić information content (AvgIpc) is 2.32. The minimum atomic E-state index is -3.35. The second-order valence-corrected chi connectivity index (χ2v) is 5.60. The van der Waals surface area contributed by atoms with Crippen LogP contribution >= 0.6 is 0 Å². The second kappa shape index (κ2) is 5.69. The number of nitrogens with two attached hydrogens (primary N) is 1. The van der Waals surface area contributed by atoms with Crippen molar-refractivity contribution < 1.29 is 18.3 Å². The van der Waals surface area contributed by atoms with Crippen molar-refractivity contribution in [2.45, 2.75) is 0 Å². The van der Waals surface area contributed by atoms with E-state index in [0.717, 1.165) is 0 Å². The predicted molar refractivity (Wildman–Crippen MR) is 67.7 cm³/mol. The lowest BCUT2D eigenvalue weighted by molar-refractivity contribution is 0.0956. The van der Waals surface area contributed by atoms with Gasteiger partial charge >= 0.3 is 0 Å². The Morgan fingerprint density at radius 3 is 2.67 bits per heavy atom. The van der Waals surface area contributed by atoms with Gasteiger partial charge in [-0.3, -0.25) is 4.79 Å². The Kier molecular flexibility index (Phi) is 4.51. The molecule has 0 aliphatic rings. The predicted octanol–water partition coefficient (Wildman–Crippen LogP) is -0.747. The molecule has 8 heteroatoms. The average molecular weight is 273 g/mol. The molecule has 0 radical (unpaired) electrons. The number of nitrogens with one attached hydrogen (secondary N) is 2. The Bertz CT molecular complexity index is 542. The topological polar surface area (TPSA) is 122 Å². The van der Waals surface area contributed by atoms with Crippen LogP contribution in [-0.4, -0.2) is 38.8 Å². The molecule has 0 saturated carbocycles. The van der Waals surface area contributed by atoms with Gasteiger partial charge in [-0.25, -0.2) is 13.1 Å². The van der Waals surface area contributed by atoms with Gasteiger partial charge in [0.2, 0.25) is 10.0 Å². The molecule has 1 amide bonds. The number of hydrogen-bond donors (Lipinski definition) is 4. The smallest absolute Gasteiger partial charge is 0.251 e. The van der Waals surface area contributed by atoms with Crippen molar-refractivity contribution in [2.24, 2.45) is 0 Å². The van der Waals surface area contributed by atoms with Crippen molar-refractivity contribution in [3.63, 3.8) is 0 Å². The Balaban J connectivity index is 2.58. The quantitative estimate of drug-likeness (QED) is 0.415. The highest BCUT2D eigenvalue weighted by Gasteiger charge is 2.10. The molecular formula is C10H15N3O4S. The summed E-state index contributed by atoms with van der Waals surface area (Å²) in [6.07, 6.45) is 0. The zero-order chi connectivity index (χ0) is 13.8. The third kappa shape index (κ3) is 3.90. The van der Waals surface area contributed by atoms with Crippen LogP contribution in [0.3, 0.4) is 0 Å². The fourth-order valence-corrected chi connectivity index (χ4v) is 1.76. The van der Waals surface area contributed by atoms with Crippen LogP contribution in [0.1, 0.15) is 10.4 Å². The molecule has 0 heterocycles. The van der Waals surface area contributed by atoms with E-state index in [0.29, 0.717) is 0 Å². The Labute approximate surface area is 105 Å². The molecule has 1 rings (SSSR count). The van der Waals surface area contributed by atoms with Crippen molar-refractivity contribution in [3.8, 4) is 5.75 Å². The molecule has 0 aromatic heterocycles. The van der Waals surface area contributed by atoms with Crippen molar-refractivity contribution in [1.82, 2.24) is 10.0 Å². The summed E-state index contributed by atoms with van der Waals surface area (Å²) in [5.41, 5.74) is 5.78. The van der Waals surface area contributed by atoms with Gasteiger partial charge in [-0.1, -0.05) is 0 Å². The highest BCUT2D eigenvalue weighted by molar-refractivity contribution is 7.89. The van der Waals surface area contributed by atoms with Crippen LogP contribution in [0.4, 0.5) is 5.69 Å². The minimum Gasteiger partial charge on any atom is -0.506 e. The van der Waals surface area contributed by atoms with E-state index in [1.807, 2.05) is 0 Å². The fraction of sp³-hybridized carbons (Fsp3) is 0.300. The van der Waals surface area contributed by atoms with E-state index >= 15 is 0 Å². The first-order valence-electron chi connectivity index (χ1n) is 5.13. The number of phenols is 1. The van der Waals surface area contributed by atoms with E-state index in [4.69, 9.17) is 5.73 Å². The van der Waals surface area contributed by atoms with E-state index < -0.39 is 15.9 Å². The zero-order valence-corrected chi connectivity index (χ0v) is 10.6. The molecule has 5 N–H and O–H groups in total. The molecule has 0 aliphatic heterocycles. The molecule has 18 heavy (non-hydrogen) atoms. The van der Waals surface area contributed by atoms with Crippen molar-refractivity contribution in [3.05, 3.63) is 23.8 Å². The molecular weight excluding hydrogens is 258 g/mol. The van der Waals surface area contributed by atoms with Crippen LogP contribution in [0.2, 0.25) is 0 Å². The molecule has 0 unspecified atom stereocenters. The molecule has 0 spiro atoms. The van der Waals surface area contributed by atoms with Gasteiger partial charge in [0, 0.05) is 12.1 Å². The van der Waals surface area contributed by atoms with Crippen LogP contribution in [0.25, 0.3) is 0 Å². The van der Waals surface area contributed by atoms with E-state index in [2.05, 4.69) is 10.0 Å². The van der Waals surface area contributed by atoms with Gasteiger partial charge in [0.15, 0.2) is 0 Å². The number of phenolic OH excluding ortho intramolecular Hbond substituents is 1. The van der Waals surface area contributed by atoms with Gasteiger partial charge in [-0.15, -0.1) is 0 Å². The first kappa shape index (κ1) is 14.3. The zero-order valence-electron chi connectivity index (χ0n) is 9.80. The lowest BCUT2D eigenvalue weighted by Gasteiger charge is -2.06. The van der Waals surface area contributed by atoms with Gasteiger partial charge < -0.3 is 16.2 Å². The normalized spacial score (nSPS) is 11.2. The monoisotopic (exact) mass is 273 g/mol. The molecule has 0 bridgehead atoms. The summed E-state index contributed by atoms with van der Waals surface area (Å²) >= 11 is 0. The molecule has 0 saturated heterocycles. The fourth-order valence-electron chi connectivity index (χ4n) is 1.19. The summed E-state index contributed by atoms with van der Waals surface area (Å²) in [4.78, 5) is 11.6. The summed E-state index contributed by atoms with van der Waals surface area (Å²) in [7, 11) is -2.05. The Hall–Kier alpha value is -1.80. The van der Waals surface area contributed by atoms with Crippen LogP contribution in [0.15, 0.2) is 18.2 Å². The van der Waals surface area contributed by atoms with Gasteiger partial charge in [0.1, 0.15) is 5.75 Å². The third-order valence-electron chi connectivity index (χ3n) is 2.26. The maximum absolute atomic E-state index is 11.6. The standard InChI is InChI=1S/C10H15N3O4S/c1-12-18(16,17)5-4-13-10(15)7-2-3-8(11)9(14)6-7/h2-3,6,12,14H,4-5,11H2,1H3,(H,13,15). The van der Waals surface area contributed by atoms with Crippen molar-refractivity contribution >= 4 is 21.6 Å². The lowest BCUT2D eigenvalue weighted by atomic mass is 10.2. The number of anilines is 1. The molecule has 7 nitrogen and oxygen atoms in total. The van der Waals surface area contributed by atoms with Gasteiger partial charge in [-0.2, -0.15) is 0 Å². The number of aromatic hydroxyl groups is 1. The Morgan fingerprint density at radius 2 is 2.11 bits per heavy atom. The van der Waals surface area contributed by atoms with E-state index in [9.17, 15) is 18.3 Å². The number of carbonyl (C=O) groups excluding carboxylic acids is 1. The molecule has 100 valence electrons. The SMILES string of the molecule is CNS(=O)(=O)CCNC(=O)c1ccc(N)c(O)c1. The molecule has 1 aromatic carbocycles. The number of carbonyl (C=O) groups is 1. The maximum atomic E-state index is 11.6. The summed E-state index contributed by atoms with van der Waals surface area (Å²) < 4.78 is 24.3. The summed E-state index contributed by atoms with van der Waals surface area (Å²) in [5, 5.41) is 11.8. The molecule has 0 aliphatic carbocycles. The number of hydrogen-bond acceptors (Lipinski definition) is 5. The van der Waals surface area contributed by atoms with Gasteiger partial charge in [0.25, 0.3) is 5.91 Å². The maximum Gasteiger partial charge on any atom is 0.251 e. The van der Waals surface area contributed by atoms with Crippen molar-refractivity contribution in [2.75, 3.05) is 25.1 Å². The summed E-state index contributed by atoms with van der Waals surface area (Å²) in [6.45, 7) is -0.0207. The first-order valence-corrected chi connectivity index (χ1v) is 6.79. The molecule has 0 fully saturated rings. The molecule has 1 aromatic rings. The highest BCUT2D eigenvalue weighted by Crippen LogP contribution is 2.20. The van der Waals surface area contributed by atoms with Crippen LogP contribution in [0.5, 0.6) is 5.75 Å². The van der Waals surface area contributed by atoms with Crippen LogP contribution < -0.4 is 15.8 Å². The number of nitrogen functional groups attached to an aromatic ring is 1. The highest BCUT2D eigenvalue weighted by atomic mass is 32.2. The minimum absolute atomic E-state index is 0.0207. The number of rotatable bonds is 5. The third-order valence-corrected chi connectivity index (χ3v) is 3.62. The first-order chi connectivity index (χ1) is 8.35. The van der Waals surface area contributed by atoms with Crippen LogP contribution in [0, 0.1) is 0 Å². The van der Waals surface area contributed by atoms with Gasteiger partial charge in [0.05, 0.1) is 11.4 Å². The van der Waals surface area contributed by atoms with E-state index in [-0.39, 0.29) is 29.3 Å². The van der Waals surface area contributed by atoms with E-state index in [1.54, 1.807) is 0 Å². The second-order valence-electron chi connectivity index (χ2n) is 3.55. The lowest BCUT2D eigenvalue weighted by Crippen LogP contribution is -2.32. The Morgan fingerprint density at radius 1 is 1.44 bits per heavy atom. The summed E-state index contributed by atoms with van der Waals surface area (Å²) in [6, 6.07) is 4.06.